The van der Waals surface area contributed by atoms with Crippen LogP contribution in [-0.4, -0.2) is 45.3 Å². The maximum absolute atomic E-state index is 4.45. The molecule has 4 rings (SSSR count). The van der Waals surface area contributed by atoms with E-state index >= 15 is 0 Å². The van der Waals surface area contributed by atoms with Crippen molar-refractivity contribution in [1.82, 2.24) is 20.1 Å². The second-order valence-electron chi connectivity index (χ2n) is 5.42. The molecular formula is C14H17N5S. The summed E-state index contributed by atoms with van der Waals surface area (Å²) in [5.74, 6) is 0. The van der Waals surface area contributed by atoms with Gasteiger partial charge in [-0.2, -0.15) is 0 Å². The fraction of sp³-hybridized carbons (Fsp3) is 0.500. The fourth-order valence-corrected chi connectivity index (χ4v) is 4.15. The lowest BCUT2D eigenvalue weighted by Gasteiger charge is -2.24. The van der Waals surface area contributed by atoms with E-state index in [0.717, 1.165) is 24.8 Å². The third-order valence-electron chi connectivity index (χ3n) is 4.38. The van der Waals surface area contributed by atoms with Crippen molar-refractivity contribution >= 4 is 16.5 Å². The topological polar surface area (TPSA) is 45.2 Å². The normalized spacial score (nSPS) is 26.1. The van der Waals surface area contributed by atoms with Crippen molar-refractivity contribution in [2.75, 3.05) is 18.0 Å². The van der Waals surface area contributed by atoms with E-state index in [1.165, 1.54) is 18.5 Å². The first kappa shape index (κ1) is 12.2. The van der Waals surface area contributed by atoms with Crippen LogP contribution in [-0.2, 0) is 6.54 Å². The van der Waals surface area contributed by atoms with Gasteiger partial charge in [0.2, 0.25) is 5.13 Å². The average molecular weight is 287 g/mol. The number of fused-ring (bicyclic) bond motifs is 1. The number of hydrogen-bond donors (Lipinski definition) is 0. The van der Waals surface area contributed by atoms with Gasteiger partial charge < -0.3 is 4.90 Å². The number of nitrogens with zero attached hydrogens (tertiary/aromatic N) is 5. The van der Waals surface area contributed by atoms with E-state index in [1.807, 2.05) is 17.8 Å². The maximum atomic E-state index is 4.45. The summed E-state index contributed by atoms with van der Waals surface area (Å²) in [4.78, 5) is 9.47. The molecule has 2 saturated heterocycles. The molecule has 0 spiro atoms. The Morgan fingerprint density at radius 1 is 1.20 bits per heavy atom. The number of pyridine rings is 1. The Hall–Kier alpha value is -1.53. The molecule has 0 aliphatic carbocycles. The molecule has 6 heteroatoms. The molecule has 2 aliphatic rings. The van der Waals surface area contributed by atoms with Gasteiger partial charge in [0, 0.05) is 37.9 Å². The van der Waals surface area contributed by atoms with E-state index in [4.69, 9.17) is 0 Å². The highest BCUT2D eigenvalue weighted by Gasteiger charge is 2.43. The summed E-state index contributed by atoms with van der Waals surface area (Å²) in [6, 6.07) is 7.40. The minimum Gasteiger partial charge on any atom is -0.342 e. The molecule has 0 radical (unpaired) electrons. The number of hydrogen-bond acceptors (Lipinski definition) is 6. The van der Waals surface area contributed by atoms with Gasteiger partial charge in [0.25, 0.3) is 0 Å². The highest BCUT2D eigenvalue weighted by atomic mass is 32.1. The van der Waals surface area contributed by atoms with Crippen LogP contribution in [0, 0.1) is 0 Å². The van der Waals surface area contributed by atoms with Gasteiger partial charge in [-0.25, -0.2) is 0 Å². The van der Waals surface area contributed by atoms with Crippen LogP contribution in [0.15, 0.2) is 29.9 Å². The molecule has 104 valence electrons. The molecule has 4 heterocycles. The van der Waals surface area contributed by atoms with Crippen LogP contribution >= 0.6 is 11.3 Å². The van der Waals surface area contributed by atoms with Crippen LogP contribution < -0.4 is 4.90 Å². The minimum absolute atomic E-state index is 0.603. The molecule has 5 nitrogen and oxygen atoms in total. The molecule has 0 amide bonds. The zero-order chi connectivity index (χ0) is 13.4. The summed E-state index contributed by atoms with van der Waals surface area (Å²) in [6.45, 7) is 3.22. The van der Waals surface area contributed by atoms with Crippen molar-refractivity contribution in [2.45, 2.75) is 31.5 Å². The number of rotatable bonds is 3. The minimum atomic E-state index is 0.603. The predicted molar refractivity (Wildman–Crippen MR) is 78.7 cm³/mol. The molecule has 2 fully saturated rings. The molecular weight excluding hydrogens is 270 g/mol. The van der Waals surface area contributed by atoms with E-state index in [0.29, 0.717) is 12.1 Å². The Bertz CT molecular complexity index is 558. The average Bonchev–Trinajstić information content (AvgIpc) is 3.18. The lowest BCUT2D eigenvalue weighted by Crippen LogP contribution is -2.36. The SMILES string of the molecule is c1ccc(CN2CC[C@@H]3[C@@H]2CCN3c2nncs2)nc1. The standard InChI is InChI=1S/C14H17N5S/c1-2-6-15-11(3-1)9-18-7-4-13-12(18)5-8-19(13)14-17-16-10-20-14/h1-3,6,10,12-13H,4-5,7-9H2/t12-,13+/m0/s1. The number of aromatic nitrogens is 3. The summed E-state index contributed by atoms with van der Waals surface area (Å²) < 4.78 is 0. The molecule has 0 N–H and O–H groups in total. The molecule has 0 aromatic carbocycles. The number of likely N-dealkylation sites (tertiary alicyclic amines) is 1. The van der Waals surface area contributed by atoms with E-state index in [1.54, 1.807) is 11.3 Å². The second-order valence-corrected chi connectivity index (χ2v) is 6.23. The zero-order valence-electron chi connectivity index (χ0n) is 11.2. The Morgan fingerprint density at radius 2 is 2.15 bits per heavy atom. The second kappa shape index (κ2) is 5.10. The first-order chi connectivity index (χ1) is 9.92. The van der Waals surface area contributed by atoms with Gasteiger partial charge in [-0.1, -0.05) is 17.4 Å². The van der Waals surface area contributed by atoms with Gasteiger partial charge in [-0.05, 0) is 25.0 Å². The van der Waals surface area contributed by atoms with Gasteiger partial charge >= 0.3 is 0 Å². The highest BCUT2D eigenvalue weighted by Crippen LogP contribution is 2.35. The molecule has 20 heavy (non-hydrogen) atoms. The van der Waals surface area contributed by atoms with Crippen LogP contribution in [0.1, 0.15) is 18.5 Å². The monoisotopic (exact) mass is 287 g/mol. The van der Waals surface area contributed by atoms with Crippen LogP contribution in [0.4, 0.5) is 5.13 Å². The fourth-order valence-electron chi connectivity index (χ4n) is 3.50. The quantitative estimate of drug-likeness (QED) is 0.861. The smallest absolute Gasteiger partial charge is 0.208 e. The highest BCUT2D eigenvalue weighted by molar-refractivity contribution is 7.13. The van der Waals surface area contributed by atoms with E-state index in [9.17, 15) is 0 Å². The van der Waals surface area contributed by atoms with Crippen molar-refractivity contribution in [3.8, 4) is 0 Å². The van der Waals surface area contributed by atoms with Crippen molar-refractivity contribution < 1.29 is 0 Å². The zero-order valence-corrected chi connectivity index (χ0v) is 12.0. The van der Waals surface area contributed by atoms with Crippen LogP contribution in [0.3, 0.4) is 0 Å². The lowest BCUT2D eigenvalue weighted by molar-refractivity contribution is 0.243. The van der Waals surface area contributed by atoms with Crippen LogP contribution in [0.25, 0.3) is 0 Å². The number of anilines is 1. The Morgan fingerprint density at radius 3 is 2.95 bits per heavy atom. The third kappa shape index (κ3) is 2.09. The Kier molecular flexibility index (Phi) is 3.12. The summed E-state index contributed by atoms with van der Waals surface area (Å²) >= 11 is 1.65. The molecule has 2 aliphatic heterocycles. The molecule has 0 saturated carbocycles. The first-order valence-corrected chi connectivity index (χ1v) is 7.96. The van der Waals surface area contributed by atoms with Crippen molar-refractivity contribution in [3.63, 3.8) is 0 Å². The Labute approximate surface area is 122 Å². The van der Waals surface area contributed by atoms with Gasteiger partial charge in [0.1, 0.15) is 5.51 Å². The van der Waals surface area contributed by atoms with Gasteiger partial charge in [0.05, 0.1) is 5.69 Å². The largest absolute Gasteiger partial charge is 0.342 e. The Balaban J connectivity index is 1.48. The predicted octanol–water partition coefficient (Wildman–Crippen LogP) is 1.79. The van der Waals surface area contributed by atoms with Crippen LogP contribution in [0.5, 0.6) is 0 Å². The summed E-state index contributed by atoms with van der Waals surface area (Å²) in [7, 11) is 0. The van der Waals surface area contributed by atoms with Gasteiger partial charge in [-0.3, -0.25) is 9.88 Å². The molecule has 2 aromatic heterocycles. The van der Waals surface area contributed by atoms with E-state index in [-0.39, 0.29) is 0 Å². The summed E-state index contributed by atoms with van der Waals surface area (Å²) in [5.41, 5.74) is 2.99. The van der Waals surface area contributed by atoms with Gasteiger partial charge in [0.15, 0.2) is 0 Å². The lowest BCUT2D eigenvalue weighted by atomic mass is 10.1. The van der Waals surface area contributed by atoms with E-state index in [2.05, 4.69) is 37.1 Å². The summed E-state index contributed by atoms with van der Waals surface area (Å²) in [5, 5.41) is 9.28. The first-order valence-electron chi connectivity index (χ1n) is 7.08. The van der Waals surface area contributed by atoms with Crippen molar-refractivity contribution in [1.29, 1.82) is 0 Å². The van der Waals surface area contributed by atoms with Crippen molar-refractivity contribution in [3.05, 3.63) is 35.6 Å². The third-order valence-corrected chi connectivity index (χ3v) is 5.10. The molecule has 2 aromatic rings. The van der Waals surface area contributed by atoms with Crippen molar-refractivity contribution in [2.24, 2.45) is 0 Å². The maximum Gasteiger partial charge on any atom is 0.208 e. The van der Waals surface area contributed by atoms with E-state index < -0.39 is 0 Å². The molecule has 2 atom stereocenters. The molecule has 0 bridgehead atoms. The summed E-state index contributed by atoms with van der Waals surface area (Å²) in [6.07, 6.45) is 4.32. The van der Waals surface area contributed by atoms with Crippen LogP contribution in [0.2, 0.25) is 0 Å². The molecule has 0 unspecified atom stereocenters. The van der Waals surface area contributed by atoms with Gasteiger partial charge in [-0.15, -0.1) is 10.2 Å².